The fourth-order valence-electron chi connectivity index (χ4n) is 2.66. The fraction of sp³-hybridized carbons (Fsp3) is 0.368. The van der Waals surface area contributed by atoms with Crippen molar-refractivity contribution < 1.29 is 14.3 Å². The van der Waals surface area contributed by atoms with Gasteiger partial charge in [-0.15, -0.1) is 0 Å². The van der Waals surface area contributed by atoms with Crippen LogP contribution in [-0.2, 0) is 11.2 Å². The average Bonchev–Trinajstić information content (AvgIpc) is 3.13. The molecule has 5 heteroatoms. The van der Waals surface area contributed by atoms with Gasteiger partial charge in [-0.3, -0.25) is 4.79 Å². The van der Waals surface area contributed by atoms with Crippen molar-refractivity contribution in [2.24, 2.45) is 0 Å². The molecule has 0 radical (unpaired) electrons. The van der Waals surface area contributed by atoms with E-state index in [2.05, 4.69) is 22.4 Å². The highest BCUT2D eigenvalue weighted by Gasteiger charge is 2.21. The lowest BCUT2D eigenvalue weighted by Crippen LogP contribution is -2.27. The van der Waals surface area contributed by atoms with E-state index in [1.165, 1.54) is 5.56 Å². The monoisotopic (exact) mass is 326 g/mol. The van der Waals surface area contributed by atoms with Crippen molar-refractivity contribution in [2.45, 2.75) is 25.4 Å². The number of benzene rings is 1. The smallest absolute Gasteiger partial charge is 0.256 e. The number of carbonyl (C=O) groups is 1. The van der Waals surface area contributed by atoms with Crippen molar-refractivity contribution in [1.82, 2.24) is 10.3 Å². The third-order valence-electron chi connectivity index (χ3n) is 3.95. The Morgan fingerprint density at radius 3 is 2.92 bits per heavy atom. The highest BCUT2D eigenvalue weighted by atomic mass is 16.5. The van der Waals surface area contributed by atoms with E-state index in [9.17, 15) is 4.79 Å². The van der Waals surface area contributed by atoms with Crippen LogP contribution in [0.4, 0.5) is 0 Å². The number of nitrogens with zero attached hydrogens (tertiary/aromatic N) is 1. The van der Waals surface area contributed by atoms with Gasteiger partial charge < -0.3 is 14.8 Å². The Morgan fingerprint density at radius 1 is 1.25 bits per heavy atom. The first-order valence-corrected chi connectivity index (χ1v) is 8.34. The minimum atomic E-state index is -0.148. The molecule has 1 N–H and O–H groups in total. The van der Waals surface area contributed by atoms with Gasteiger partial charge in [-0.05, 0) is 30.5 Å². The molecule has 126 valence electrons. The lowest BCUT2D eigenvalue weighted by molar-refractivity contribution is 0.0940. The van der Waals surface area contributed by atoms with Crippen molar-refractivity contribution in [3.05, 3.63) is 59.8 Å². The molecule has 0 aliphatic carbocycles. The Kier molecular flexibility index (Phi) is 5.80. The zero-order chi connectivity index (χ0) is 16.6. The van der Waals surface area contributed by atoms with Crippen molar-refractivity contribution >= 4 is 5.91 Å². The Balaban J connectivity index is 1.51. The van der Waals surface area contributed by atoms with E-state index in [-0.39, 0.29) is 12.0 Å². The summed E-state index contributed by atoms with van der Waals surface area (Å²) in [7, 11) is 0. The summed E-state index contributed by atoms with van der Waals surface area (Å²) in [6, 6.07) is 13.7. The molecule has 1 aliphatic rings. The second-order valence-corrected chi connectivity index (χ2v) is 5.80. The Bertz CT molecular complexity index is 655. The number of hydrogen-bond donors (Lipinski definition) is 1. The third kappa shape index (κ3) is 4.55. The summed E-state index contributed by atoms with van der Waals surface area (Å²) in [5, 5.41) is 2.94. The maximum Gasteiger partial charge on any atom is 0.256 e. The van der Waals surface area contributed by atoms with E-state index >= 15 is 0 Å². The Morgan fingerprint density at radius 2 is 2.12 bits per heavy atom. The van der Waals surface area contributed by atoms with Crippen molar-refractivity contribution in [3.63, 3.8) is 0 Å². The van der Waals surface area contributed by atoms with Crippen LogP contribution in [0.5, 0.6) is 5.88 Å². The normalized spacial score (nSPS) is 16.8. The van der Waals surface area contributed by atoms with Crippen LogP contribution in [0.15, 0.2) is 48.7 Å². The first-order valence-electron chi connectivity index (χ1n) is 8.34. The topological polar surface area (TPSA) is 60.5 Å². The molecule has 0 saturated carbocycles. The SMILES string of the molecule is O=C(NCCCc1ccccc1)c1cccnc1O[C@@H]1CCOC1. The predicted octanol–water partition coefficient (Wildman–Crippen LogP) is 2.61. The lowest BCUT2D eigenvalue weighted by atomic mass is 10.1. The first-order chi connectivity index (χ1) is 11.8. The third-order valence-corrected chi connectivity index (χ3v) is 3.95. The van der Waals surface area contributed by atoms with Gasteiger partial charge in [0.15, 0.2) is 0 Å². The molecule has 0 spiro atoms. The maximum absolute atomic E-state index is 12.4. The molecule has 2 heterocycles. The Hall–Kier alpha value is -2.40. The van der Waals surface area contributed by atoms with Crippen LogP contribution in [0, 0.1) is 0 Å². The van der Waals surface area contributed by atoms with Gasteiger partial charge in [-0.1, -0.05) is 30.3 Å². The second kappa shape index (κ2) is 8.45. The Labute approximate surface area is 142 Å². The number of amides is 1. The standard InChI is InChI=1S/C19H22N2O3/c22-18(20-11-4-8-15-6-2-1-3-7-15)17-9-5-12-21-19(17)24-16-10-13-23-14-16/h1-3,5-7,9,12,16H,4,8,10-11,13-14H2,(H,20,22)/t16-/m1/s1. The zero-order valence-electron chi connectivity index (χ0n) is 13.6. The predicted molar refractivity (Wildman–Crippen MR) is 91.2 cm³/mol. The highest BCUT2D eigenvalue weighted by Crippen LogP contribution is 2.19. The van der Waals surface area contributed by atoms with Crippen LogP contribution >= 0.6 is 0 Å². The molecule has 2 aromatic rings. The fourth-order valence-corrected chi connectivity index (χ4v) is 2.66. The van der Waals surface area contributed by atoms with E-state index in [0.717, 1.165) is 19.3 Å². The molecule has 5 nitrogen and oxygen atoms in total. The van der Waals surface area contributed by atoms with Gasteiger partial charge in [0.05, 0.1) is 13.2 Å². The summed E-state index contributed by atoms with van der Waals surface area (Å²) in [6.07, 6.45) is 4.27. The van der Waals surface area contributed by atoms with Crippen molar-refractivity contribution in [3.8, 4) is 5.88 Å². The number of hydrogen-bond acceptors (Lipinski definition) is 4. The number of aryl methyl sites for hydroxylation is 1. The largest absolute Gasteiger partial charge is 0.471 e. The lowest BCUT2D eigenvalue weighted by Gasteiger charge is -2.14. The van der Waals surface area contributed by atoms with Gasteiger partial charge in [0.2, 0.25) is 5.88 Å². The summed E-state index contributed by atoms with van der Waals surface area (Å²) in [5.41, 5.74) is 1.75. The van der Waals surface area contributed by atoms with Crippen LogP contribution in [0.1, 0.15) is 28.8 Å². The minimum Gasteiger partial charge on any atom is -0.471 e. The maximum atomic E-state index is 12.4. The number of carbonyl (C=O) groups excluding carboxylic acids is 1. The molecule has 0 bridgehead atoms. The number of pyridine rings is 1. The highest BCUT2D eigenvalue weighted by molar-refractivity contribution is 5.96. The molecule has 1 amide bonds. The van der Waals surface area contributed by atoms with E-state index in [1.54, 1.807) is 18.3 Å². The van der Waals surface area contributed by atoms with Crippen LogP contribution in [0.25, 0.3) is 0 Å². The van der Waals surface area contributed by atoms with Gasteiger partial charge in [-0.2, -0.15) is 0 Å². The molecule has 3 rings (SSSR count). The summed E-state index contributed by atoms with van der Waals surface area (Å²) in [5.74, 6) is 0.235. The van der Waals surface area contributed by atoms with Gasteiger partial charge in [0.25, 0.3) is 5.91 Å². The first kappa shape index (κ1) is 16.5. The van der Waals surface area contributed by atoms with Gasteiger partial charge in [0.1, 0.15) is 11.7 Å². The van der Waals surface area contributed by atoms with Gasteiger partial charge in [0, 0.05) is 19.2 Å². The van der Waals surface area contributed by atoms with Crippen molar-refractivity contribution in [1.29, 1.82) is 0 Å². The second-order valence-electron chi connectivity index (χ2n) is 5.80. The molecule has 1 aromatic carbocycles. The van der Waals surface area contributed by atoms with Gasteiger partial charge in [-0.25, -0.2) is 4.98 Å². The molecule has 24 heavy (non-hydrogen) atoms. The molecular formula is C19H22N2O3. The van der Waals surface area contributed by atoms with Crippen LogP contribution in [0.2, 0.25) is 0 Å². The summed E-state index contributed by atoms with van der Waals surface area (Å²) < 4.78 is 11.1. The van der Waals surface area contributed by atoms with E-state index in [0.29, 0.717) is 31.2 Å². The van der Waals surface area contributed by atoms with Crippen LogP contribution < -0.4 is 10.1 Å². The van der Waals surface area contributed by atoms with Gasteiger partial charge >= 0.3 is 0 Å². The zero-order valence-corrected chi connectivity index (χ0v) is 13.6. The number of rotatable bonds is 7. The number of aromatic nitrogens is 1. The quantitative estimate of drug-likeness (QED) is 0.795. The molecule has 1 aliphatic heterocycles. The summed E-state index contributed by atoms with van der Waals surface area (Å²) in [6.45, 7) is 1.86. The van der Waals surface area contributed by atoms with E-state index in [4.69, 9.17) is 9.47 Å². The van der Waals surface area contributed by atoms with Crippen LogP contribution in [-0.4, -0.2) is 36.8 Å². The minimum absolute atomic E-state index is 0.0236. The number of nitrogens with one attached hydrogen (secondary N) is 1. The molecule has 1 atom stereocenters. The summed E-state index contributed by atoms with van der Waals surface area (Å²) in [4.78, 5) is 16.6. The molecule has 0 unspecified atom stereocenters. The average molecular weight is 326 g/mol. The number of ether oxygens (including phenoxy) is 2. The molecule has 1 fully saturated rings. The molecule has 1 aromatic heterocycles. The van der Waals surface area contributed by atoms with E-state index < -0.39 is 0 Å². The molecule has 1 saturated heterocycles. The van der Waals surface area contributed by atoms with Crippen molar-refractivity contribution in [2.75, 3.05) is 19.8 Å². The summed E-state index contributed by atoms with van der Waals surface area (Å²) >= 11 is 0. The van der Waals surface area contributed by atoms with Crippen LogP contribution in [0.3, 0.4) is 0 Å². The molecular weight excluding hydrogens is 304 g/mol. The van der Waals surface area contributed by atoms with E-state index in [1.807, 2.05) is 18.2 Å².